The van der Waals surface area contributed by atoms with Crippen molar-refractivity contribution in [1.29, 1.82) is 0 Å². The number of aromatic hydroxyl groups is 1. The lowest BCUT2D eigenvalue weighted by Gasteiger charge is -2.26. The first-order valence-electron chi connectivity index (χ1n) is 10.1. The summed E-state index contributed by atoms with van der Waals surface area (Å²) in [6, 6.07) is 0.438. The summed E-state index contributed by atoms with van der Waals surface area (Å²) in [6.45, 7) is 10.5. The topological polar surface area (TPSA) is 125 Å². The number of hydrogen-bond donors (Lipinski definition) is 3. The number of hydrogen-bond acceptors (Lipinski definition) is 8. The van der Waals surface area contributed by atoms with E-state index in [1.807, 2.05) is 20.8 Å². The Balaban J connectivity index is 3.08. The predicted molar refractivity (Wildman–Crippen MR) is 118 cm³/mol. The molecule has 0 fully saturated rings. The number of carbonyl (C=O) groups is 2. The minimum absolute atomic E-state index is 0.0842. The molecule has 182 valence electrons. The summed E-state index contributed by atoms with van der Waals surface area (Å²) < 4.78 is 26.7. The van der Waals surface area contributed by atoms with Gasteiger partial charge in [-0.05, 0) is 41.5 Å². The Morgan fingerprint density at radius 3 is 2.03 bits per heavy atom. The summed E-state index contributed by atoms with van der Waals surface area (Å²) in [5.41, 5.74) is -1.01. The first-order chi connectivity index (χ1) is 14.7. The fourth-order valence-corrected chi connectivity index (χ4v) is 2.62. The van der Waals surface area contributed by atoms with Gasteiger partial charge in [0.1, 0.15) is 11.6 Å². The molecule has 0 aliphatic carbocycles. The molecule has 1 atom stereocenters. The van der Waals surface area contributed by atoms with E-state index >= 15 is 0 Å². The quantitative estimate of drug-likeness (QED) is 0.518. The highest BCUT2D eigenvalue weighted by atomic mass is 16.6. The van der Waals surface area contributed by atoms with Crippen molar-refractivity contribution >= 4 is 12.0 Å². The molecule has 0 radical (unpaired) electrons. The Morgan fingerprint density at radius 1 is 0.969 bits per heavy atom. The van der Waals surface area contributed by atoms with Crippen LogP contribution in [0.25, 0.3) is 0 Å². The van der Waals surface area contributed by atoms with Crippen LogP contribution in [0.2, 0.25) is 0 Å². The third-order valence-corrected chi connectivity index (χ3v) is 4.05. The van der Waals surface area contributed by atoms with Gasteiger partial charge < -0.3 is 39.4 Å². The lowest BCUT2D eigenvalue weighted by molar-refractivity contribution is -0.126. The van der Waals surface area contributed by atoms with Crippen molar-refractivity contribution in [3.8, 4) is 23.0 Å². The summed E-state index contributed by atoms with van der Waals surface area (Å²) in [5, 5.41) is 15.7. The molecule has 32 heavy (non-hydrogen) atoms. The molecule has 0 spiro atoms. The van der Waals surface area contributed by atoms with E-state index in [9.17, 15) is 14.7 Å². The Kier molecular flexibility index (Phi) is 9.44. The van der Waals surface area contributed by atoms with Crippen LogP contribution in [-0.2, 0) is 20.8 Å². The van der Waals surface area contributed by atoms with Gasteiger partial charge in [0.25, 0.3) is 0 Å². The number of methoxy groups -OCH3 is 3. The molecule has 0 aliphatic rings. The molecular formula is C22H36N2O8. The molecule has 2 amide bonds. The van der Waals surface area contributed by atoms with Crippen molar-refractivity contribution in [3.05, 3.63) is 11.6 Å². The number of nitrogens with one attached hydrogen (secondary N) is 2. The number of phenolic OH excluding ortho intramolecular Hbond substituents is 1. The normalized spacial score (nSPS) is 12.5. The van der Waals surface area contributed by atoms with Gasteiger partial charge in [-0.15, -0.1) is 0 Å². The second kappa shape index (κ2) is 11.1. The molecule has 10 heteroatoms. The number of benzene rings is 1. The van der Waals surface area contributed by atoms with Gasteiger partial charge in [0.15, 0.2) is 23.0 Å². The Hall–Kier alpha value is -2.88. The SMILES string of the molecule is COc1cc(OC)c(OC)c(CNC(=O)[C@H](COC(C)(C)C)NC(=O)OC(C)(C)C)c1O. The minimum Gasteiger partial charge on any atom is -0.504 e. The van der Waals surface area contributed by atoms with E-state index in [2.05, 4.69) is 10.6 Å². The molecule has 10 nitrogen and oxygen atoms in total. The van der Waals surface area contributed by atoms with Crippen molar-refractivity contribution in [2.75, 3.05) is 27.9 Å². The van der Waals surface area contributed by atoms with Crippen LogP contribution in [0.3, 0.4) is 0 Å². The van der Waals surface area contributed by atoms with Crippen molar-refractivity contribution in [2.45, 2.75) is 65.3 Å². The second-order valence-electron chi connectivity index (χ2n) is 8.98. The molecular weight excluding hydrogens is 420 g/mol. The largest absolute Gasteiger partial charge is 0.504 e. The van der Waals surface area contributed by atoms with E-state index in [4.69, 9.17) is 23.7 Å². The minimum atomic E-state index is -1.04. The summed E-state index contributed by atoms with van der Waals surface area (Å²) in [4.78, 5) is 25.1. The fraction of sp³-hybridized carbons (Fsp3) is 0.636. The van der Waals surface area contributed by atoms with E-state index in [-0.39, 0.29) is 36.0 Å². The highest BCUT2D eigenvalue weighted by molar-refractivity contribution is 5.86. The van der Waals surface area contributed by atoms with Gasteiger partial charge in [0.2, 0.25) is 5.91 Å². The van der Waals surface area contributed by atoms with Crippen LogP contribution in [0.1, 0.15) is 47.1 Å². The lowest BCUT2D eigenvalue weighted by atomic mass is 10.1. The zero-order valence-electron chi connectivity index (χ0n) is 20.4. The summed E-state index contributed by atoms with van der Waals surface area (Å²) in [7, 11) is 4.26. The zero-order valence-corrected chi connectivity index (χ0v) is 20.4. The summed E-state index contributed by atoms with van der Waals surface area (Å²) >= 11 is 0. The van der Waals surface area contributed by atoms with Gasteiger partial charge in [-0.2, -0.15) is 0 Å². The molecule has 0 bridgehead atoms. The molecule has 1 aromatic carbocycles. The highest BCUT2D eigenvalue weighted by Crippen LogP contribution is 2.43. The van der Waals surface area contributed by atoms with E-state index in [0.717, 1.165) is 0 Å². The number of rotatable bonds is 9. The fourth-order valence-electron chi connectivity index (χ4n) is 2.62. The van der Waals surface area contributed by atoms with E-state index in [1.165, 1.54) is 27.4 Å². The van der Waals surface area contributed by atoms with Crippen molar-refractivity contribution in [2.24, 2.45) is 0 Å². The van der Waals surface area contributed by atoms with Crippen molar-refractivity contribution < 1.29 is 38.4 Å². The summed E-state index contributed by atoms with van der Waals surface area (Å²) in [6.07, 6.45) is -0.751. The molecule has 0 saturated heterocycles. The van der Waals surface area contributed by atoms with Crippen LogP contribution < -0.4 is 24.8 Å². The Morgan fingerprint density at radius 2 is 1.56 bits per heavy atom. The van der Waals surface area contributed by atoms with Crippen molar-refractivity contribution in [1.82, 2.24) is 10.6 Å². The van der Waals surface area contributed by atoms with Crippen molar-refractivity contribution in [3.63, 3.8) is 0 Å². The molecule has 1 aromatic rings. The van der Waals surface area contributed by atoms with Gasteiger partial charge in [0.05, 0.1) is 45.6 Å². The Bertz CT molecular complexity index is 797. The third kappa shape index (κ3) is 8.33. The van der Waals surface area contributed by atoms with Crippen LogP contribution in [0, 0.1) is 0 Å². The maximum absolute atomic E-state index is 12.9. The van der Waals surface area contributed by atoms with Crippen LogP contribution in [-0.4, -0.2) is 62.3 Å². The molecule has 0 saturated carbocycles. The van der Waals surface area contributed by atoms with Crippen LogP contribution in [0.4, 0.5) is 4.79 Å². The molecule has 0 heterocycles. The maximum Gasteiger partial charge on any atom is 0.408 e. The molecule has 0 unspecified atom stereocenters. The van der Waals surface area contributed by atoms with Gasteiger partial charge in [-0.1, -0.05) is 0 Å². The number of alkyl carbamates (subject to hydrolysis) is 1. The molecule has 0 aliphatic heterocycles. The predicted octanol–water partition coefficient (Wildman–Crippen LogP) is 2.74. The molecule has 3 N–H and O–H groups in total. The summed E-state index contributed by atoms with van der Waals surface area (Å²) in [5.74, 6) is -0.0117. The van der Waals surface area contributed by atoms with Gasteiger partial charge >= 0.3 is 6.09 Å². The van der Waals surface area contributed by atoms with E-state index in [0.29, 0.717) is 5.75 Å². The van der Waals surface area contributed by atoms with Crippen LogP contribution >= 0.6 is 0 Å². The van der Waals surface area contributed by atoms with Crippen LogP contribution in [0.15, 0.2) is 6.07 Å². The monoisotopic (exact) mass is 456 g/mol. The van der Waals surface area contributed by atoms with Crippen LogP contribution in [0.5, 0.6) is 23.0 Å². The number of phenols is 1. The van der Waals surface area contributed by atoms with E-state index in [1.54, 1.807) is 20.8 Å². The second-order valence-corrected chi connectivity index (χ2v) is 8.98. The molecule has 0 aromatic heterocycles. The number of ether oxygens (including phenoxy) is 5. The average Bonchev–Trinajstić information content (AvgIpc) is 2.67. The standard InChI is InChI=1S/C22H36N2O8/c1-21(2,3)31-12-14(24-20(27)32-22(4,5)6)19(26)23-11-13-17(25)15(28-7)10-16(29-8)18(13)30-9/h10,14,25H,11-12H2,1-9H3,(H,23,26)(H,24,27)/t14-/m0/s1. The lowest BCUT2D eigenvalue weighted by Crippen LogP contribution is -2.51. The third-order valence-electron chi connectivity index (χ3n) is 4.05. The smallest absolute Gasteiger partial charge is 0.408 e. The maximum atomic E-state index is 12.9. The van der Waals surface area contributed by atoms with Gasteiger partial charge in [-0.25, -0.2) is 4.79 Å². The molecule has 1 rings (SSSR count). The highest BCUT2D eigenvalue weighted by Gasteiger charge is 2.28. The number of amides is 2. The first kappa shape index (κ1) is 27.2. The Labute approximate surface area is 189 Å². The number of carbonyl (C=O) groups excluding carboxylic acids is 2. The first-order valence-corrected chi connectivity index (χ1v) is 10.1. The van der Waals surface area contributed by atoms with E-state index < -0.39 is 29.2 Å². The van der Waals surface area contributed by atoms with Gasteiger partial charge in [-0.3, -0.25) is 4.79 Å². The van der Waals surface area contributed by atoms with Gasteiger partial charge in [0, 0.05) is 6.07 Å². The zero-order chi connectivity index (χ0) is 24.7. The average molecular weight is 457 g/mol.